The second-order valence-corrected chi connectivity index (χ2v) is 5.70. The van der Waals surface area contributed by atoms with Crippen LogP contribution in [0.3, 0.4) is 0 Å². The molecule has 0 aliphatic carbocycles. The summed E-state index contributed by atoms with van der Waals surface area (Å²) in [7, 11) is 0. The number of hydrogen-bond acceptors (Lipinski definition) is 4. The predicted molar refractivity (Wildman–Crippen MR) is 90.4 cm³/mol. The molecule has 0 fully saturated rings. The van der Waals surface area contributed by atoms with Crippen molar-refractivity contribution in [1.82, 2.24) is 20.2 Å². The SMILES string of the molecule is CCc1nnnn1-c1cc(C(=O)O)cc(-c2ccc(C)cc2)c1C. The van der Waals surface area contributed by atoms with Gasteiger partial charge in [-0.1, -0.05) is 36.8 Å². The number of aromatic nitrogens is 4. The normalized spacial score (nSPS) is 10.8. The molecule has 0 radical (unpaired) electrons. The molecule has 6 heteroatoms. The zero-order valence-corrected chi connectivity index (χ0v) is 13.8. The third-order valence-corrected chi connectivity index (χ3v) is 4.07. The summed E-state index contributed by atoms with van der Waals surface area (Å²) in [4.78, 5) is 11.6. The van der Waals surface area contributed by atoms with Crippen molar-refractivity contribution < 1.29 is 9.90 Å². The molecule has 1 heterocycles. The molecule has 2 aromatic carbocycles. The van der Waals surface area contributed by atoms with Crippen LogP contribution in [0.15, 0.2) is 36.4 Å². The number of aromatic carboxylic acids is 1. The highest BCUT2D eigenvalue weighted by atomic mass is 16.4. The van der Waals surface area contributed by atoms with E-state index in [9.17, 15) is 9.90 Å². The monoisotopic (exact) mass is 322 g/mol. The Labute approximate surface area is 139 Å². The summed E-state index contributed by atoms with van der Waals surface area (Å²) in [6.45, 7) is 5.93. The van der Waals surface area contributed by atoms with Crippen LogP contribution in [0.25, 0.3) is 16.8 Å². The van der Waals surface area contributed by atoms with Crippen molar-refractivity contribution in [2.75, 3.05) is 0 Å². The van der Waals surface area contributed by atoms with Gasteiger partial charge in [-0.15, -0.1) is 5.10 Å². The standard InChI is InChI=1S/C18H18N4O2/c1-4-17-19-20-21-22(17)16-10-14(18(23)24)9-15(12(16)3)13-7-5-11(2)6-8-13/h5-10H,4H2,1-3H3,(H,23,24). The minimum Gasteiger partial charge on any atom is -0.478 e. The molecule has 24 heavy (non-hydrogen) atoms. The van der Waals surface area contributed by atoms with Crippen LogP contribution in [0.2, 0.25) is 0 Å². The van der Waals surface area contributed by atoms with E-state index in [-0.39, 0.29) is 5.56 Å². The molecule has 3 aromatic rings. The molecule has 0 atom stereocenters. The zero-order valence-electron chi connectivity index (χ0n) is 13.8. The van der Waals surface area contributed by atoms with Crippen molar-refractivity contribution in [2.24, 2.45) is 0 Å². The Morgan fingerprint density at radius 1 is 1.17 bits per heavy atom. The zero-order chi connectivity index (χ0) is 17.3. The molecule has 0 saturated carbocycles. The summed E-state index contributed by atoms with van der Waals surface area (Å²) in [6.07, 6.45) is 0.656. The third-order valence-electron chi connectivity index (χ3n) is 4.07. The molecule has 0 aliphatic rings. The number of carbonyl (C=O) groups is 1. The second kappa shape index (κ2) is 6.23. The summed E-state index contributed by atoms with van der Waals surface area (Å²) in [5, 5.41) is 21.2. The maximum Gasteiger partial charge on any atom is 0.335 e. The lowest BCUT2D eigenvalue weighted by Crippen LogP contribution is -2.08. The van der Waals surface area contributed by atoms with E-state index < -0.39 is 5.97 Å². The number of nitrogens with zero attached hydrogens (tertiary/aromatic N) is 4. The number of aryl methyl sites for hydroxylation is 2. The third kappa shape index (κ3) is 2.78. The number of benzene rings is 2. The van der Waals surface area contributed by atoms with E-state index in [1.165, 1.54) is 0 Å². The molecule has 1 N–H and O–H groups in total. The Bertz CT molecular complexity index is 898. The molecule has 6 nitrogen and oxygen atoms in total. The second-order valence-electron chi connectivity index (χ2n) is 5.70. The first-order valence-corrected chi connectivity index (χ1v) is 7.74. The minimum absolute atomic E-state index is 0.212. The summed E-state index contributed by atoms with van der Waals surface area (Å²) in [5.74, 6) is -0.286. The molecule has 0 unspecified atom stereocenters. The quantitative estimate of drug-likeness (QED) is 0.797. The van der Waals surface area contributed by atoms with Gasteiger partial charge in [0.2, 0.25) is 0 Å². The summed E-state index contributed by atoms with van der Waals surface area (Å²) in [6, 6.07) is 11.3. The molecule has 3 rings (SSSR count). The highest BCUT2D eigenvalue weighted by Gasteiger charge is 2.17. The van der Waals surface area contributed by atoms with Gasteiger partial charge in [-0.2, -0.15) is 4.68 Å². The molecule has 0 spiro atoms. The van der Waals surface area contributed by atoms with Crippen molar-refractivity contribution >= 4 is 5.97 Å². The van der Waals surface area contributed by atoms with E-state index in [1.807, 2.05) is 45.0 Å². The van der Waals surface area contributed by atoms with Crippen LogP contribution in [-0.4, -0.2) is 31.3 Å². The molecule has 0 amide bonds. The first kappa shape index (κ1) is 15.9. The van der Waals surface area contributed by atoms with Gasteiger partial charge in [0.05, 0.1) is 11.3 Å². The van der Waals surface area contributed by atoms with Crippen LogP contribution < -0.4 is 0 Å². The van der Waals surface area contributed by atoms with E-state index in [0.717, 1.165) is 22.3 Å². The van der Waals surface area contributed by atoms with Gasteiger partial charge >= 0.3 is 5.97 Å². The molecule has 0 aliphatic heterocycles. The summed E-state index contributed by atoms with van der Waals surface area (Å²) in [5.41, 5.74) is 4.82. The number of hydrogen-bond donors (Lipinski definition) is 1. The van der Waals surface area contributed by atoms with Crippen LogP contribution in [0, 0.1) is 13.8 Å². The van der Waals surface area contributed by atoms with Gasteiger partial charge in [0, 0.05) is 6.42 Å². The van der Waals surface area contributed by atoms with Crippen molar-refractivity contribution in [3.05, 3.63) is 58.9 Å². The van der Waals surface area contributed by atoms with Crippen molar-refractivity contribution in [2.45, 2.75) is 27.2 Å². The van der Waals surface area contributed by atoms with Gasteiger partial charge in [-0.25, -0.2) is 4.79 Å². The van der Waals surface area contributed by atoms with E-state index >= 15 is 0 Å². The summed E-state index contributed by atoms with van der Waals surface area (Å²) < 4.78 is 1.61. The molecular formula is C18H18N4O2. The van der Waals surface area contributed by atoms with Gasteiger partial charge in [0.25, 0.3) is 0 Å². The molecule has 1 aromatic heterocycles. The lowest BCUT2D eigenvalue weighted by molar-refractivity contribution is 0.0697. The number of rotatable bonds is 4. The first-order chi connectivity index (χ1) is 11.5. The lowest BCUT2D eigenvalue weighted by Gasteiger charge is -2.14. The van der Waals surface area contributed by atoms with Gasteiger partial charge < -0.3 is 5.11 Å². The van der Waals surface area contributed by atoms with Crippen LogP contribution >= 0.6 is 0 Å². The fourth-order valence-electron chi connectivity index (χ4n) is 2.69. The van der Waals surface area contributed by atoms with E-state index in [2.05, 4.69) is 15.5 Å². The molecule has 0 bridgehead atoms. The summed E-state index contributed by atoms with van der Waals surface area (Å²) >= 11 is 0. The largest absolute Gasteiger partial charge is 0.478 e. The Hall–Kier alpha value is -3.02. The van der Waals surface area contributed by atoms with E-state index in [4.69, 9.17) is 0 Å². The average Bonchev–Trinajstić information content (AvgIpc) is 3.04. The van der Waals surface area contributed by atoms with Crippen LogP contribution in [0.1, 0.15) is 34.2 Å². The molecule has 0 saturated heterocycles. The Morgan fingerprint density at radius 3 is 2.50 bits per heavy atom. The van der Waals surface area contributed by atoms with Gasteiger partial charge in [0.1, 0.15) is 0 Å². The average molecular weight is 322 g/mol. The van der Waals surface area contributed by atoms with Gasteiger partial charge in [-0.3, -0.25) is 0 Å². The fraction of sp³-hybridized carbons (Fsp3) is 0.222. The Kier molecular flexibility index (Phi) is 4.12. The number of carboxylic acid groups (broad SMARTS) is 1. The minimum atomic E-state index is -0.976. The van der Waals surface area contributed by atoms with E-state index in [1.54, 1.807) is 16.8 Å². The lowest BCUT2D eigenvalue weighted by atomic mass is 9.95. The maximum absolute atomic E-state index is 11.6. The topological polar surface area (TPSA) is 80.9 Å². The first-order valence-electron chi connectivity index (χ1n) is 7.74. The molecular weight excluding hydrogens is 304 g/mol. The fourth-order valence-corrected chi connectivity index (χ4v) is 2.69. The Morgan fingerprint density at radius 2 is 1.88 bits per heavy atom. The molecule has 122 valence electrons. The Balaban J connectivity index is 2.26. The smallest absolute Gasteiger partial charge is 0.335 e. The van der Waals surface area contributed by atoms with E-state index in [0.29, 0.717) is 17.9 Å². The van der Waals surface area contributed by atoms with Crippen LogP contribution in [-0.2, 0) is 6.42 Å². The maximum atomic E-state index is 11.6. The van der Waals surface area contributed by atoms with Gasteiger partial charge in [-0.05, 0) is 53.1 Å². The highest BCUT2D eigenvalue weighted by Crippen LogP contribution is 2.30. The predicted octanol–water partition coefficient (Wildman–Crippen LogP) is 3.21. The van der Waals surface area contributed by atoms with Crippen LogP contribution in [0.4, 0.5) is 0 Å². The highest BCUT2D eigenvalue weighted by molar-refractivity contribution is 5.91. The van der Waals surface area contributed by atoms with Crippen molar-refractivity contribution in [1.29, 1.82) is 0 Å². The van der Waals surface area contributed by atoms with Gasteiger partial charge in [0.15, 0.2) is 5.82 Å². The van der Waals surface area contributed by atoms with Crippen LogP contribution in [0.5, 0.6) is 0 Å². The number of tetrazole rings is 1. The van der Waals surface area contributed by atoms with Crippen molar-refractivity contribution in [3.8, 4) is 16.8 Å². The van der Waals surface area contributed by atoms with Crippen molar-refractivity contribution in [3.63, 3.8) is 0 Å². The number of carboxylic acids is 1.